The number of aliphatic hydroxyl groups excluding tert-OH is 1. The second-order valence-corrected chi connectivity index (χ2v) is 13.0. The second kappa shape index (κ2) is 29.4. The van der Waals surface area contributed by atoms with E-state index in [-0.39, 0.29) is 6.61 Å². The number of benzene rings is 2. The SMILES string of the molecule is OCCOCCOCCOCCOCCOCCOCCOCCOCCOCCN1CCCc2cc(/N=N/c3scc[n+]3Cc3ccccc3)ccc21. The molecule has 2 heterocycles. The first-order valence-electron chi connectivity index (χ1n) is 18.9. The molecule has 1 N–H and O–H groups in total. The van der Waals surface area contributed by atoms with Gasteiger partial charge in [0.25, 0.3) is 0 Å². The van der Waals surface area contributed by atoms with Crippen molar-refractivity contribution in [2.45, 2.75) is 19.4 Å². The first-order valence-corrected chi connectivity index (χ1v) is 19.8. The number of hydrogen-bond donors (Lipinski definition) is 1. The Morgan fingerprint density at radius 2 is 1.13 bits per heavy atom. The lowest BCUT2D eigenvalue weighted by atomic mass is 10.0. The normalized spacial score (nSPS) is 12.9. The van der Waals surface area contributed by atoms with Gasteiger partial charge in [-0.15, -0.1) is 0 Å². The van der Waals surface area contributed by atoms with Gasteiger partial charge in [-0.3, -0.25) is 0 Å². The van der Waals surface area contributed by atoms with Gasteiger partial charge in [0.2, 0.25) is 0 Å². The van der Waals surface area contributed by atoms with Crippen LogP contribution in [0.4, 0.5) is 16.5 Å². The molecule has 0 atom stereocenters. The Bertz CT molecular complexity index is 1390. The van der Waals surface area contributed by atoms with Crippen molar-refractivity contribution in [2.24, 2.45) is 10.2 Å². The highest BCUT2D eigenvalue weighted by Gasteiger charge is 2.18. The Kier molecular flexibility index (Phi) is 23.8. The fourth-order valence-electron chi connectivity index (χ4n) is 5.43. The maximum atomic E-state index is 8.61. The van der Waals surface area contributed by atoms with E-state index < -0.39 is 0 Å². The molecule has 0 saturated carbocycles. The molecule has 0 bridgehead atoms. The number of fused-ring (bicyclic) bond motifs is 1. The summed E-state index contributed by atoms with van der Waals surface area (Å²) >= 11 is 1.59. The van der Waals surface area contributed by atoms with E-state index in [0.29, 0.717) is 119 Å². The summed E-state index contributed by atoms with van der Waals surface area (Å²) in [5.41, 5.74) is 4.67. The van der Waals surface area contributed by atoms with Crippen molar-refractivity contribution in [3.05, 3.63) is 71.2 Å². The molecule has 15 heteroatoms. The van der Waals surface area contributed by atoms with E-state index in [9.17, 15) is 0 Å². The van der Waals surface area contributed by atoms with E-state index in [2.05, 4.69) is 62.3 Å². The van der Waals surface area contributed by atoms with Crippen LogP contribution in [-0.2, 0) is 55.6 Å². The van der Waals surface area contributed by atoms with Crippen molar-refractivity contribution >= 4 is 27.8 Å². The highest BCUT2D eigenvalue weighted by Crippen LogP contribution is 2.31. The largest absolute Gasteiger partial charge is 0.408 e. The Morgan fingerprint density at radius 1 is 0.611 bits per heavy atom. The predicted octanol–water partition coefficient (Wildman–Crippen LogP) is 4.39. The highest BCUT2D eigenvalue weighted by atomic mass is 32.1. The first-order chi connectivity index (χ1) is 26.8. The van der Waals surface area contributed by atoms with Gasteiger partial charge in [0.05, 0.1) is 131 Å². The van der Waals surface area contributed by atoms with E-state index in [0.717, 1.165) is 43.3 Å². The van der Waals surface area contributed by atoms with Crippen LogP contribution in [0.25, 0.3) is 0 Å². The summed E-state index contributed by atoms with van der Waals surface area (Å²) in [4.78, 5) is 2.39. The van der Waals surface area contributed by atoms with Crippen LogP contribution in [-0.4, -0.2) is 144 Å². The lowest BCUT2D eigenvalue weighted by Gasteiger charge is -2.31. The monoisotopic (exact) mass is 775 g/mol. The van der Waals surface area contributed by atoms with E-state index in [4.69, 9.17) is 47.7 Å². The molecule has 1 aliphatic rings. The lowest BCUT2D eigenvalue weighted by molar-refractivity contribution is -0.671. The van der Waals surface area contributed by atoms with E-state index in [1.165, 1.54) is 16.8 Å². The highest BCUT2D eigenvalue weighted by molar-refractivity contribution is 7.12. The Hall–Kier alpha value is -2.93. The molecule has 0 unspecified atom stereocenters. The van der Waals surface area contributed by atoms with Gasteiger partial charge in [-0.2, -0.15) is 0 Å². The number of nitrogens with zero attached hydrogens (tertiary/aromatic N) is 4. The topological polar surface area (TPSA) is 135 Å². The van der Waals surface area contributed by atoms with Gasteiger partial charge < -0.3 is 52.6 Å². The molecule has 0 fully saturated rings. The number of hydrogen-bond acceptors (Lipinski definition) is 14. The van der Waals surface area contributed by atoms with Crippen LogP contribution < -0.4 is 9.47 Å². The smallest absolute Gasteiger partial charge is 0.394 e. The van der Waals surface area contributed by atoms with Crippen molar-refractivity contribution in [1.82, 2.24) is 0 Å². The first kappa shape index (κ1) is 43.8. The van der Waals surface area contributed by atoms with Gasteiger partial charge in [-0.05, 0) is 58.6 Å². The minimum Gasteiger partial charge on any atom is -0.394 e. The molecule has 54 heavy (non-hydrogen) atoms. The summed E-state index contributed by atoms with van der Waals surface area (Å²) in [5, 5.41) is 20.7. The van der Waals surface area contributed by atoms with Crippen molar-refractivity contribution in [3.8, 4) is 0 Å². The van der Waals surface area contributed by atoms with Crippen molar-refractivity contribution < 1.29 is 52.3 Å². The third-order valence-corrected chi connectivity index (χ3v) is 8.89. The van der Waals surface area contributed by atoms with Crippen molar-refractivity contribution in [1.29, 1.82) is 0 Å². The average molecular weight is 776 g/mol. The van der Waals surface area contributed by atoms with Crippen LogP contribution >= 0.6 is 11.3 Å². The van der Waals surface area contributed by atoms with Crippen LogP contribution in [0.5, 0.6) is 0 Å². The summed E-state index contributed by atoms with van der Waals surface area (Å²) in [6.45, 7) is 11.8. The van der Waals surface area contributed by atoms with Gasteiger partial charge in [0.1, 0.15) is 18.4 Å². The zero-order valence-corrected chi connectivity index (χ0v) is 32.4. The van der Waals surface area contributed by atoms with Crippen molar-refractivity contribution in [3.63, 3.8) is 0 Å². The summed E-state index contributed by atoms with van der Waals surface area (Å²) in [7, 11) is 0. The van der Waals surface area contributed by atoms with Gasteiger partial charge in [-0.1, -0.05) is 30.3 Å². The summed E-state index contributed by atoms with van der Waals surface area (Å²) in [5.74, 6) is 0. The molecule has 300 valence electrons. The fraction of sp³-hybridized carbons (Fsp3) is 0.615. The van der Waals surface area contributed by atoms with Gasteiger partial charge in [-0.25, -0.2) is 4.57 Å². The number of aliphatic hydroxyl groups is 1. The standard InChI is InChI=1S/C39H59N4O10S/c44-13-15-46-17-19-48-21-23-50-25-27-52-29-31-53-30-28-51-26-24-49-22-20-47-18-16-45-14-11-42-10-4-7-36-33-37(8-9-38(36)42)40-41-39-43(12-32-54-39)34-35-5-2-1-3-6-35/h1-3,5-6,8-9,12,32-33,44H,4,7,10-11,13-31,34H2/q+1. The average Bonchev–Trinajstić information content (AvgIpc) is 3.64. The number of thiazole rings is 1. The number of azo groups is 1. The third-order valence-electron chi connectivity index (χ3n) is 8.10. The van der Waals surface area contributed by atoms with Crippen molar-refractivity contribution in [2.75, 3.05) is 144 Å². The van der Waals surface area contributed by atoms with Crippen LogP contribution in [0, 0.1) is 0 Å². The van der Waals surface area contributed by atoms with Crippen LogP contribution in [0.3, 0.4) is 0 Å². The predicted molar refractivity (Wildman–Crippen MR) is 206 cm³/mol. The zero-order valence-electron chi connectivity index (χ0n) is 31.6. The van der Waals surface area contributed by atoms with E-state index in [1.807, 2.05) is 17.5 Å². The molecule has 0 aliphatic carbocycles. The van der Waals surface area contributed by atoms with Gasteiger partial charge in [0, 0.05) is 24.2 Å². The molecule has 0 amide bonds. The molecule has 3 aromatic rings. The molecule has 0 radical (unpaired) electrons. The summed E-state index contributed by atoms with van der Waals surface area (Å²) in [6.07, 6.45) is 4.20. The maximum Gasteiger partial charge on any atom is 0.408 e. The number of aromatic nitrogens is 1. The van der Waals surface area contributed by atoms with E-state index in [1.54, 1.807) is 11.3 Å². The van der Waals surface area contributed by atoms with Crippen LogP contribution in [0.15, 0.2) is 70.3 Å². The number of ether oxygens (including phenoxy) is 9. The minimum atomic E-state index is 0.0251. The Labute approximate surface area is 323 Å². The number of anilines is 1. The Morgan fingerprint density at radius 3 is 1.67 bits per heavy atom. The van der Waals surface area contributed by atoms with Gasteiger partial charge >= 0.3 is 5.13 Å². The molecule has 0 spiro atoms. The molecule has 14 nitrogen and oxygen atoms in total. The number of aryl methyl sites for hydroxylation is 1. The molecular weight excluding hydrogens is 717 g/mol. The maximum absolute atomic E-state index is 8.61. The minimum absolute atomic E-state index is 0.0251. The third kappa shape index (κ3) is 19.1. The quantitative estimate of drug-likeness (QED) is 0.0537. The fourth-order valence-corrected chi connectivity index (χ4v) is 6.11. The molecule has 4 rings (SSSR count). The van der Waals surface area contributed by atoms with Gasteiger partial charge in [0.15, 0.2) is 0 Å². The molecule has 1 aromatic heterocycles. The second-order valence-electron chi connectivity index (χ2n) is 12.1. The zero-order chi connectivity index (χ0) is 37.6. The molecule has 2 aromatic carbocycles. The summed E-state index contributed by atoms with van der Waals surface area (Å²) < 4.78 is 51.6. The van der Waals surface area contributed by atoms with Crippen LogP contribution in [0.2, 0.25) is 0 Å². The molecule has 0 saturated heterocycles. The molecular formula is C39H59N4O10S+. The Balaban J connectivity index is 0.908. The molecule has 1 aliphatic heterocycles. The lowest BCUT2D eigenvalue weighted by Crippen LogP contribution is -2.32. The summed E-state index contributed by atoms with van der Waals surface area (Å²) in [6, 6.07) is 16.8. The van der Waals surface area contributed by atoms with Crippen LogP contribution in [0.1, 0.15) is 17.5 Å². The number of rotatable bonds is 33. The van der Waals surface area contributed by atoms with E-state index >= 15 is 0 Å².